The van der Waals surface area contributed by atoms with Gasteiger partial charge in [0, 0.05) is 19.3 Å². The van der Waals surface area contributed by atoms with Gasteiger partial charge in [0.25, 0.3) is 0 Å². The molecule has 1 aromatic rings. The maximum absolute atomic E-state index is 11.9. The van der Waals surface area contributed by atoms with E-state index in [1.807, 2.05) is 14.1 Å². The Bertz CT molecular complexity index is 469. The fraction of sp³-hybridized carbons (Fsp3) is 0.727. The van der Waals surface area contributed by atoms with Crippen LogP contribution in [-0.4, -0.2) is 56.8 Å². The van der Waals surface area contributed by atoms with E-state index in [4.69, 9.17) is 5.73 Å². The summed E-state index contributed by atoms with van der Waals surface area (Å²) in [7, 11) is 0.546. The van der Waals surface area contributed by atoms with Crippen LogP contribution >= 0.6 is 0 Å². The minimum atomic E-state index is -3.45. The molecule has 0 fully saturated rings. The summed E-state index contributed by atoms with van der Waals surface area (Å²) in [5, 5.41) is 3.95. The van der Waals surface area contributed by atoms with Crippen molar-refractivity contribution in [1.29, 1.82) is 0 Å². The maximum atomic E-state index is 11.9. The first kappa shape index (κ1) is 16.1. The molecule has 1 heterocycles. The summed E-state index contributed by atoms with van der Waals surface area (Å²) < 4.78 is 28.0. The molecule has 110 valence electrons. The van der Waals surface area contributed by atoms with Crippen LogP contribution in [0.5, 0.6) is 0 Å². The average molecular weight is 289 g/mol. The van der Waals surface area contributed by atoms with Crippen LogP contribution in [0.25, 0.3) is 0 Å². The van der Waals surface area contributed by atoms with E-state index in [1.54, 1.807) is 0 Å². The molecule has 8 heteroatoms. The van der Waals surface area contributed by atoms with Gasteiger partial charge in [-0.3, -0.25) is 4.68 Å². The van der Waals surface area contributed by atoms with E-state index in [0.717, 1.165) is 19.4 Å². The minimum absolute atomic E-state index is 0.188. The SMILES string of the molecule is CN(C)CCCCNS(=O)(=O)c1cnn(CCN)c1. The van der Waals surface area contributed by atoms with Crippen molar-refractivity contribution in [1.82, 2.24) is 19.4 Å². The molecule has 0 bridgehead atoms. The van der Waals surface area contributed by atoms with Gasteiger partial charge in [-0.25, -0.2) is 13.1 Å². The van der Waals surface area contributed by atoms with Crippen LogP contribution in [0.3, 0.4) is 0 Å². The van der Waals surface area contributed by atoms with E-state index in [-0.39, 0.29) is 4.90 Å². The van der Waals surface area contributed by atoms with Crippen molar-refractivity contribution in [2.24, 2.45) is 5.73 Å². The minimum Gasteiger partial charge on any atom is -0.329 e. The lowest BCUT2D eigenvalue weighted by atomic mass is 10.3. The van der Waals surface area contributed by atoms with E-state index < -0.39 is 10.0 Å². The maximum Gasteiger partial charge on any atom is 0.243 e. The third-order valence-corrected chi connectivity index (χ3v) is 4.02. The topological polar surface area (TPSA) is 93.2 Å². The first-order valence-electron chi connectivity index (χ1n) is 6.32. The van der Waals surface area contributed by atoms with Crippen molar-refractivity contribution in [2.75, 3.05) is 33.7 Å². The Kier molecular flexibility index (Phi) is 6.43. The van der Waals surface area contributed by atoms with Crippen molar-refractivity contribution in [2.45, 2.75) is 24.3 Å². The number of hydrogen-bond acceptors (Lipinski definition) is 5. The van der Waals surface area contributed by atoms with Crippen LogP contribution in [0.15, 0.2) is 17.3 Å². The second-order valence-corrected chi connectivity index (χ2v) is 6.40. The normalized spacial score (nSPS) is 12.2. The summed E-state index contributed by atoms with van der Waals surface area (Å²) in [5.41, 5.74) is 5.39. The molecule has 1 rings (SSSR count). The number of hydrogen-bond donors (Lipinski definition) is 2. The highest BCUT2D eigenvalue weighted by atomic mass is 32.2. The zero-order valence-electron chi connectivity index (χ0n) is 11.5. The summed E-state index contributed by atoms with van der Waals surface area (Å²) in [4.78, 5) is 2.26. The molecule has 0 amide bonds. The predicted octanol–water partition coefficient (Wildman–Crippen LogP) is -0.538. The summed E-state index contributed by atoms with van der Waals surface area (Å²) in [6, 6.07) is 0. The molecule has 0 atom stereocenters. The second kappa shape index (κ2) is 7.59. The number of unbranched alkanes of at least 4 members (excludes halogenated alkanes) is 1. The third-order valence-electron chi connectivity index (χ3n) is 2.60. The molecule has 0 saturated carbocycles. The number of aromatic nitrogens is 2. The Morgan fingerprint density at radius 3 is 2.79 bits per heavy atom. The number of nitrogens with two attached hydrogens (primary N) is 1. The highest BCUT2D eigenvalue weighted by Crippen LogP contribution is 2.06. The summed E-state index contributed by atoms with van der Waals surface area (Å²) in [6.45, 7) is 2.34. The molecule has 7 nitrogen and oxygen atoms in total. The molecule has 0 spiro atoms. The quantitative estimate of drug-likeness (QED) is 0.596. The van der Waals surface area contributed by atoms with E-state index >= 15 is 0 Å². The Morgan fingerprint density at radius 2 is 2.16 bits per heavy atom. The van der Waals surface area contributed by atoms with Gasteiger partial charge in [0.1, 0.15) is 4.90 Å². The standard InChI is InChI=1S/C11H23N5O2S/c1-15(2)7-4-3-6-14-19(17,18)11-9-13-16(10-11)8-5-12/h9-10,14H,3-8,12H2,1-2H3. The Labute approximate surface area is 114 Å². The molecule has 0 aromatic carbocycles. The van der Waals surface area contributed by atoms with Gasteiger partial charge >= 0.3 is 0 Å². The fourth-order valence-electron chi connectivity index (χ4n) is 1.58. The summed E-state index contributed by atoms with van der Waals surface area (Å²) in [5.74, 6) is 0. The first-order valence-corrected chi connectivity index (χ1v) is 7.81. The Balaban J connectivity index is 2.42. The first-order chi connectivity index (χ1) is 8.95. The smallest absolute Gasteiger partial charge is 0.243 e. The zero-order chi connectivity index (χ0) is 14.3. The molecule has 0 radical (unpaired) electrons. The van der Waals surface area contributed by atoms with Gasteiger partial charge in [-0.1, -0.05) is 0 Å². The number of sulfonamides is 1. The van der Waals surface area contributed by atoms with Crippen LogP contribution in [-0.2, 0) is 16.6 Å². The average Bonchev–Trinajstić information content (AvgIpc) is 2.78. The van der Waals surface area contributed by atoms with Gasteiger partial charge in [-0.2, -0.15) is 5.10 Å². The number of rotatable bonds is 9. The number of nitrogens with zero attached hydrogens (tertiary/aromatic N) is 3. The van der Waals surface area contributed by atoms with Crippen LogP contribution in [0.4, 0.5) is 0 Å². The van der Waals surface area contributed by atoms with E-state index in [0.29, 0.717) is 19.6 Å². The highest BCUT2D eigenvalue weighted by Gasteiger charge is 2.15. The lowest BCUT2D eigenvalue weighted by Crippen LogP contribution is -2.25. The van der Waals surface area contributed by atoms with E-state index in [1.165, 1.54) is 17.1 Å². The molecule has 3 N–H and O–H groups in total. The van der Waals surface area contributed by atoms with Crippen molar-refractivity contribution in [3.8, 4) is 0 Å². The molecule has 0 aliphatic carbocycles. The van der Waals surface area contributed by atoms with Gasteiger partial charge < -0.3 is 10.6 Å². The van der Waals surface area contributed by atoms with Crippen molar-refractivity contribution < 1.29 is 8.42 Å². The van der Waals surface area contributed by atoms with Crippen LogP contribution < -0.4 is 10.5 Å². The predicted molar refractivity (Wildman–Crippen MR) is 74.3 cm³/mol. The Hall–Kier alpha value is -0.960. The van der Waals surface area contributed by atoms with E-state index in [9.17, 15) is 8.42 Å². The molecule has 0 unspecified atom stereocenters. The molecular weight excluding hydrogens is 266 g/mol. The van der Waals surface area contributed by atoms with Gasteiger partial charge in [0.05, 0.1) is 12.7 Å². The van der Waals surface area contributed by atoms with E-state index in [2.05, 4.69) is 14.7 Å². The zero-order valence-corrected chi connectivity index (χ0v) is 12.4. The third kappa shape index (κ3) is 5.68. The van der Waals surface area contributed by atoms with Crippen molar-refractivity contribution >= 4 is 10.0 Å². The molecule has 0 aliphatic heterocycles. The summed E-state index contributed by atoms with van der Waals surface area (Å²) >= 11 is 0. The summed E-state index contributed by atoms with van der Waals surface area (Å²) in [6.07, 6.45) is 4.61. The van der Waals surface area contributed by atoms with Gasteiger partial charge in [0.2, 0.25) is 10.0 Å². The van der Waals surface area contributed by atoms with Crippen LogP contribution in [0.2, 0.25) is 0 Å². The van der Waals surface area contributed by atoms with Gasteiger partial charge in [-0.05, 0) is 33.5 Å². The lowest BCUT2D eigenvalue weighted by Gasteiger charge is -2.09. The monoisotopic (exact) mass is 289 g/mol. The second-order valence-electron chi connectivity index (χ2n) is 4.64. The van der Waals surface area contributed by atoms with Crippen molar-refractivity contribution in [3.63, 3.8) is 0 Å². The van der Waals surface area contributed by atoms with Crippen LogP contribution in [0, 0.1) is 0 Å². The largest absolute Gasteiger partial charge is 0.329 e. The van der Waals surface area contributed by atoms with Crippen molar-refractivity contribution in [3.05, 3.63) is 12.4 Å². The Morgan fingerprint density at radius 1 is 1.42 bits per heavy atom. The molecule has 1 aromatic heterocycles. The van der Waals surface area contributed by atoms with Crippen LogP contribution in [0.1, 0.15) is 12.8 Å². The van der Waals surface area contributed by atoms with Gasteiger partial charge in [-0.15, -0.1) is 0 Å². The molecule has 19 heavy (non-hydrogen) atoms. The fourth-order valence-corrected chi connectivity index (χ4v) is 2.61. The molecule has 0 saturated heterocycles. The number of nitrogens with one attached hydrogen (secondary N) is 1. The molecule has 0 aliphatic rings. The highest BCUT2D eigenvalue weighted by molar-refractivity contribution is 7.89. The van der Waals surface area contributed by atoms with Gasteiger partial charge in [0.15, 0.2) is 0 Å². The lowest BCUT2D eigenvalue weighted by molar-refractivity contribution is 0.394. The molecular formula is C11H23N5O2S.